The summed E-state index contributed by atoms with van der Waals surface area (Å²) in [6.45, 7) is 3.63. The molecule has 1 aliphatic carbocycles. The number of likely N-dealkylation sites (tertiary alicyclic amines) is 1. The molecule has 1 saturated carbocycles. The summed E-state index contributed by atoms with van der Waals surface area (Å²) in [5, 5.41) is 8.95. The van der Waals surface area contributed by atoms with E-state index in [2.05, 4.69) is 28.6 Å². The van der Waals surface area contributed by atoms with Gasteiger partial charge in [-0.3, -0.25) is 19.5 Å². The van der Waals surface area contributed by atoms with Crippen LogP contribution < -0.4 is 5.48 Å². The summed E-state index contributed by atoms with van der Waals surface area (Å²) < 4.78 is 23.9. The third-order valence-electron chi connectivity index (χ3n) is 7.53. The normalized spacial score (nSPS) is 20.7. The van der Waals surface area contributed by atoms with Gasteiger partial charge in [0, 0.05) is 55.3 Å². The van der Waals surface area contributed by atoms with Crippen molar-refractivity contribution in [2.24, 2.45) is 5.92 Å². The fraction of sp³-hybridized carbons (Fsp3) is 0.600. The van der Waals surface area contributed by atoms with Gasteiger partial charge in [0.2, 0.25) is 0 Å². The van der Waals surface area contributed by atoms with Crippen molar-refractivity contribution in [3.05, 3.63) is 23.5 Å². The van der Waals surface area contributed by atoms with Crippen molar-refractivity contribution in [2.75, 3.05) is 25.9 Å². The molecule has 0 unspecified atom stereocenters. The van der Waals surface area contributed by atoms with E-state index in [1.165, 1.54) is 54.0 Å². The van der Waals surface area contributed by atoms with Crippen LogP contribution in [0.2, 0.25) is 0 Å². The number of hydrogen-bond donors (Lipinski definition) is 2. The SMILES string of the molecule is C[C@@](CCN1Cc2cc(C#CC#CC3CN(C4CCCCC4)C3)cn2C1=O)(C(=O)NO)S(C)(=O)=O. The number of carbonyl (C=O) groups is 2. The number of nitrogens with zero attached hydrogens (tertiary/aromatic N) is 3. The minimum absolute atomic E-state index is 0.0449. The lowest BCUT2D eigenvalue weighted by Crippen LogP contribution is -2.52. The van der Waals surface area contributed by atoms with Gasteiger partial charge in [0.05, 0.1) is 6.54 Å². The standard InChI is InChI=1S/C25H32N4O5S/c1-25(23(30)26-32,35(2,33)34)12-13-27-18-22-14-19(17-29(22)24(27)31)8-6-7-9-20-15-28(16-20)21-10-4-3-5-11-21/h14,17,20-21,32H,3-5,10-13,15-16,18H2,1-2H3,(H,26,30)/t25-/m1/s1. The Morgan fingerprint density at radius 3 is 2.57 bits per heavy atom. The van der Waals surface area contributed by atoms with Crippen molar-refractivity contribution in [3.8, 4) is 23.7 Å². The van der Waals surface area contributed by atoms with E-state index >= 15 is 0 Å². The minimum Gasteiger partial charge on any atom is -0.318 e. The molecule has 1 aromatic heterocycles. The van der Waals surface area contributed by atoms with Gasteiger partial charge in [0.25, 0.3) is 5.91 Å². The van der Waals surface area contributed by atoms with E-state index in [4.69, 9.17) is 5.21 Å². The van der Waals surface area contributed by atoms with Crippen LogP contribution in [0.25, 0.3) is 0 Å². The summed E-state index contributed by atoms with van der Waals surface area (Å²) >= 11 is 0. The molecular formula is C25H32N4O5S. The zero-order valence-electron chi connectivity index (χ0n) is 20.2. The second-order valence-corrected chi connectivity index (χ2v) is 12.4. The second-order valence-electron chi connectivity index (χ2n) is 9.95. The average molecular weight is 501 g/mol. The van der Waals surface area contributed by atoms with Crippen molar-refractivity contribution in [1.29, 1.82) is 0 Å². The van der Waals surface area contributed by atoms with Crippen molar-refractivity contribution < 1.29 is 23.2 Å². The summed E-state index contributed by atoms with van der Waals surface area (Å²) in [7, 11) is -3.82. The molecule has 3 heterocycles. The molecule has 35 heavy (non-hydrogen) atoms. The van der Waals surface area contributed by atoms with Crippen LogP contribution >= 0.6 is 0 Å². The first kappa shape index (κ1) is 25.3. The maximum Gasteiger partial charge on any atom is 0.328 e. The Morgan fingerprint density at radius 1 is 1.23 bits per heavy atom. The van der Waals surface area contributed by atoms with E-state index in [9.17, 15) is 18.0 Å². The van der Waals surface area contributed by atoms with Crippen LogP contribution in [0.1, 0.15) is 56.7 Å². The van der Waals surface area contributed by atoms with Crippen LogP contribution in [0, 0.1) is 29.6 Å². The Kier molecular flexibility index (Phi) is 7.27. The summed E-state index contributed by atoms with van der Waals surface area (Å²) in [5.74, 6) is 11.4. The molecule has 4 rings (SSSR count). The summed E-state index contributed by atoms with van der Waals surface area (Å²) in [6, 6.07) is 2.24. The molecule has 9 nitrogen and oxygen atoms in total. The second kappa shape index (κ2) is 10.1. The Bertz CT molecular complexity index is 1220. The third kappa shape index (κ3) is 5.25. The first-order valence-corrected chi connectivity index (χ1v) is 13.9. The molecule has 3 aliphatic rings. The number of aromatic nitrogens is 1. The fourth-order valence-corrected chi connectivity index (χ4v) is 5.84. The predicted octanol–water partition coefficient (Wildman–Crippen LogP) is 1.59. The van der Waals surface area contributed by atoms with Crippen LogP contribution in [0.3, 0.4) is 0 Å². The highest BCUT2D eigenvalue weighted by atomic mass is 32.2. The Morgan fingerprint density at radius 2 is 1.94 bits per heavy atom. The first-order valence-electron chi connectivity index (χ1n) is 12.0. The molecule has 0 radical (unpaired) electrons. The maximum absolute atomic E-state index is 12.8. The van der Waals surface area contributed by atoms with Gasteiger partial charge in [0.1, 0.15) is 0 Å². The van der Waals surface area contributed by atoms with Crippen LogP contribution in [-0.4, -0.2) is 76.6 Å². The number of carbonyl (C=O) groups excluding carboxylic acids is 2. The van der Waals surface area contributed by atoms with Gasteiger partial charge in [-0.15, -0.1) is 0 Å². The summed E-state index contributed by atoms with van der Waals surface area (Å²) in [5.41, 5.74) is 2.85. The number of hydroxylamine groups is 1. The third-order valence-corrected chi connectivity index (χ3v) is 9.56. The Hall–Kier alpha value is -2.79. The lowest BCUT2D eigenvalue weighted by Gasteiger charge is -2.43. The van der Waals surface area contributed by atoms with E-state index in [1.54, 1.807) is 6.20 Å². The van der Waals surface area contributed by atoms with E-state index in [-0.39, 0.29) is 25.5 Å². The topological polar surface area (TPSA) is 112 Å². The lowest BCUT2D eigenvalue weighted by molar-refractivity contribution is -0.131. The molecule has 1 aromatic rings. The highest BCUT2D eigenvalue weighted by Gasteiger charge is 2.44. The molecular weight excluding hydrogens is 468 g/mol. The van der Waals surface area contributed by atoms with Crippen LogP contribution in [-0.2, 0) is 21.2 Å². The summed E-state index contributed by atoms with van der Waals surface area (Å²) in [4.78, 5) is 28.7. The zero-order chi connectivity index (χ0) is 25.2. The molecule has 1 saturated heterocycles. The number of hydrogen-bond acceptors (Lipinski definition) is 6. The van der Waals surface area contributed by atoms with Crippen molar-refractivity contribution in [2.45, 2.75) is 62.8 Å². The molecule has 2 amide bonds. The fourth-order valence-electron chi connectivity index (χ4n) is 4.99. The predicted molar refractivity (Wildman–Crippen MR) is 130 cm³/mol. The van der Waals surface area contributed by atoms with E-state index in [0.29, 0.717) is 11.5 Å². The van der Waals surface area contributed by atoms with E-state index in [0.717, 1.165) is 31.1 Å². The minimum atomic E-state index is -3.82. The Balaban J connectivity index is 1.30. The Labute approximate surface area is 206 Å². The number of sulfone groups is 1. The summed E-state index contributed by atoms with van der Waals surface area (Å²) in [6.07, 6.45) is 9.10. The zero-order valence-corrected chi connectivity index (χ0v) is 21.0. The molecule has 2 N–H and O–H groups in total. The van der Waals surface area contributed by atoms with Crippen molar-refractivity contribution in [1.82, 2.24) is 19.8 Å². The largest absolute Gasteiger partial charge is 0.328 e. The highest BCUT2D eigenvalue weighted by molar-refractivity contribution is 7.92. The monoisotopic (exact) mass is 500 g/mol. The molecule has 2 aliphatic heterocycles. The molecule has 188 valence electrons. The quantitative estimate of drug-likeness (QED) is 0.349. The molecule has 0 aromatic carbocycles. The average Bonchev–Trinajstić information content (AvgIpc) is 3.33. The maximum atomic E-state index is 12.8. The molecule has 0 spiro atoms. The van der Waals surface area contributed by atoms with Gasteiger partial charge >= 0.3 is 6.03 Å². The highest BCUT2D eigenvalue weighted by Crippen LogP contribution is 2.28. The number of amides is 2. The van der Waals surface area contributed by atoms with Gasteiger partial charge in [0.15, 0.2) is 14.6 Å². The smallest absolute Gasteiger partial charge is 0.318 e. The van der Waals surface area contributed by atoms with Crippen LogP contribution in [0.5, 0.6) is 0 Å². The van der Waals surface area contributed by atoms with Crippen LogP contribution in [0.15, 0.2) is 12.3 Å². The van der Waals surface area contributed by atoms with Crippen molar-refractivity contribution in [3.63, 3.8) is 0 Å². The lowest BCUT2D eigenvalue weighted by atomic mass is 9.89. The molecule has 10 heteroatoms. The van der Waals surface area contributed by atoms with E-state index < -0.39 is 20.5 Å². The molecule has 0 bridgehead atoms. The first-order chi connectivity index (χ1) is 16.6. The van der Waals surface area contributed by atoms with Gasteiger partial charge in [-0.05, 0) is 44.1 Å². The number of fused-ring (bicyclic) bond motifs is 1. The van der Waals surface area contributed by atoms with Gasteiger partial charge < -0.3 is 4.90 Å². The number of rotatable bonds is 6. The molecule has 2 fully saturated rings. The van der Waals surface area contributed by atoms with Crippen LogP contribution in [0.4, 0.5) is 4.79 Å². The number of nitrogens with one attached hydrogen (secondary N) is 1. The van der Waals surface area contributed by atoms with Crippen molar-refractivity contribution >= 4 is 21.8 Å². The molecule has 1 atom stereocenters. The van der Waals surface area contributed by atoms with Gasteiger partial charge in [-0.2, -0.15) is 0 Å². The van der Waals surface area contributed by atoms with Gasteiger partial charge in [-0.25, -0.2) is 18.7 Å². The van der Waals surface area contributed by atoms with E-state index in [1.807, 2.05) is 6.07 Å². The van der Waals surface area contributed by atoms with Gasteiger partial charge in [-0.1, -0.05) is 31.1 Å².